The molecule has 4 nitrogen and oxygen atoms in total. The molecule has 1 aliphatic rings. The topological polar surface area (TPSA) is 56.1 Å². The van der Waals surface area contributed by atoms with Gasteiger partial charge in [0.1, 0.15) is 0 Å². The first-order valence-corrected chi connectivity index (χ1v) is 8.17. The van der Waals surface area contributed by atoms with E-state index in [2.05, 4.69) is 0 Å². The zero-order valence-corrected chi connectivity index (χ0v) is 11.7. The van der Waals surface area contributed by atoms with Crippen LogP contribution in [0.1, 0.15) is 48.8 Å². The van der Waals surface area contributed by atoms with Crippen LogP contribution in [0.4, 0.5) is 0 Å². The van der Waals surface area contributed by atoms with Gasteiger partial charge in [0, 0.05) is 30.8 Å². The van der Waals surface area contributed by atoms with E-state index < -0.39 is 9.84 Å². The second-order valence-electron chi connectivity index (χ2n) is 4.89. The first-order chi connectivity index (χ1) is 8.44. The molecule has 0 saturated heterocycles. The monoisotopic (exact) mass is 269 g/mol. The highest BCUT2D eigenvalue weighted by atomic mass is 32.2. The average Bonchev–Trinajstić information content (AvgIpc) is 2.73. The number of carbonyl (C=O) groups excluding carboxylic acids is 1. The van der Waals surface area contributed by atoms with Crippen molar-refractivity contribution in [2.45, 2.75) is 39.2 Å². The second kappa shape index (κ2) is 4.88. The Morgan fingerprint density at radius 3 is 2.78 bits per heavy atom. The number of rotatable bonds is 4. The van der Waals surface area contributed by atoms with Gasteiger partial charge >= 0.3 is 0 Å². The maximum atomic E-state index is 11.7. The Kier molecular flexibility index (Phi) is 3.61. The Morgan fingerprint density at radius 1 is 1.44 bits per heavy atom. The molecule has 0 bridgehead atoms. The fraction of sp³-hybridized carbons (Fsp3) is 0.615. The largest absolute Gasteiger partial charge is 0.342 e. The van der Waals surface area contributed by atoms with Gasteiger partial charge in [-0.05, 0) is 25.0 Å². The molecule has 100 valence electrons. The van der Waals surface area contributed by atoms with E-state index in [1.165, 1.54) is 0 Å². The van der Waals surface area contributed by atoms with E-state index in [1.807, 2.05) is 16.7 Å². The summed E-state index contributed by atoms with van der Waals surface area (Å²) in [6.45, 7) is 4.05. The quantitative estimate of drug-likeness (QED) is 0.786. The first kappa shape index (κ1) is 13.3. The number of ketones is 1. The van der Waals surface area contributed by atoms with E-state index in [1.54, 1.807) is 13.8 Å². The van der Waals surface area contributed by atoms with E-state index in [0.29, 0.717) is 5.69 Å². The molecule has 0 aliphatic carbocycles. The maximum Gasteiger partial charge on any atom is 0.176 e. The lowest BCUT2D eigenvalue weighted by Gasteiger charge is -2.25. The minimum absolute atomic E-state index is 0.0387. The van der Waals surface area contributed by atoms with Gasteiger partial charge in [0.25, 0.3) is 0 Å². The highest BCUT2D eigenvalue weighted by Crippen LogP contribution is 2.30. The van der Waals surface area contributed by atoms with Crippen LogP contribution in [0.15, 0.2) is 12.1 Å². The second-order valence-corrected chi connectivity index (χ2v) is 7.29. The van der Waals surface area contributed by atoms with E-state index in [-0.39, 0.29) is 23.2 Å². The van der Waals surface area contributed by atoms with Crippen molar-refractivity contribution in [1.82, 2.24) is 4.57 Å². The lowest BCUT2D eigenvalue weighted by Crippen LogP contribution is -2.24. The molecule has 1 aromatic heterocycles. The van der Waals surface area contributed by atoms with Crippen molar-refractivity contribution >= 4 is 15.6 Å². The summed E-state index contributed by atoms with van der Waals surface area (Å²) in [5.41, 5.74) is 1.70. The van der Waals surface area contributed by atoms with Gasteiger partial charge in [0.15, 0.2) is 15.6 Å². The van der Waals surface area contributed by atoms with Crippen LogP contribution < -0.4 is 0 Å². The molecule has 0 amide bonds. The zero-order chi connectivity index (χ0) is 13.3. The third-order valence-corrected chi connectivity index (χ3v) is 5.41. The Labute approximate surface area is 108 Å². The summed E-state index contributed by atoms with van der Waals surface area (Å²) in [6, 6.07) is 3.72. The van der Waals surface area contributed by atoms with Gasteiger partial charge in [-0.3, -0.25) is 4.79 Å². The molecule has 0 fully saturated rings. The van der Waals surface area contributed by atoms with E-state index in [4.69, 9.17) is 0 Å². The summed E-state index contributed by atoms with van der Waals surface area (Å²) >= 11 is 0. The number of Topliss-reactive ketones (excluding diaryl/α,β-unsaturated/α-hetero) is 1. The van der Waals surface area contributed by atoms with Gasteiger partial charge in [-0.25, -0.2) is 8.42 Å². The Balaban J connectivity index is 2.32. The molecule has 18 heavy (non-hydrogen) atoms. The van der Waals surface area contributed by atoms with Crippen molar-refractivity contribution in [3.8, 4) is 0 Å². The number of hydrogen-bond acceptors (Lipinski definition) is 3. The maximum absolute atomic E-state index is 11.7. The summed E-state index contributed by atoms with van der Waals surface area (Å²) in [7, 11) is -2.97. The van der Waals surface area contributed by atoms with Crippen LogP contribution >= 0.6 is 0 Å². The van der Waals surface area contributed by atoms with Crippen molar-refractivity contribution in [2.75, 3.05) is 11.5 Å². The molecular weight excluding hydrogens is 250 g/mol. The molecule has 1 aliphatic heterocycles. The summed E-state index contributed by atoms with van der Waals surface area (Å²) in [4.78, 5) is 11.5. The fourth-order valence-corrected chi connectivity index (χ4v) is 3.82. The summed E-state index contributed by atoms with van der Waals surface area (Å²) in [5, 5.41) is 0. The molecule has 2 rings (SSSR count). The third-order valence-electron chi connectivity index (χ3n) is 3.62. The third kappa shape index (κ3) is 2.51. The summed E-state index contributed by atoms with van der Waals surface area (Å²) < 4.78 is 25.5. The molecule has 0 spiro atoms. The van der Waals surface area contributed by atoms with E-state index in [0.717, 1.165) is 25.1 Å². The zero-order valence-electron chi connectivity index (χ0n) is 10.8. The normalized spacial score (nSPS) is 19.6. The number of fused-ring (bicyclic) bond motifs is 1. The van der Waals surface area contributed by atoms with Gasteiger partial charge in [-0.15, -0.1) is 0 Å². The van der Waals surface area contributed by atoms with Crippen molar-refractivity contribution in [3.05, 3.63) is 23.5 Å². The van der Waals surface area contributed by atoms with Crippen LogP contribution in [-0.2, 0) is 16.4 Å². The molecule has 5 heteroatoms. The van der Waals surface area contributed by atoms with E-state index >= 15 is 0 Å². The smallest absolute Gasteiger partial charge is 0.176 e. The SMILES string of the molecule is CCS(=O)(=O)CC1CCCn2c(C(C)=O)ccc21. The number of sulfone groups is 1. The number of nitrogens with zero attached hydrogens (tertiary/aromatic N) is 1. The van der Waals surface area contributed by atoms with Crippen LogP contribution in [0.2, 0.25) is 0 Å². The summed E-state index contributed by atoms with van der Waals surface area (Å²) in [5.74, 6) is 0.464. The average molecular weight is 269 g/mol. The molecule has 0 radical (unpaired) electrons. The molecule has 0 saturated carbocycles. The predicted molar refractivity (Wildman–Crippen MR) is 70.7 cm³/mol. The lowest BCUT2D eigenvalue weighted by atomic mass is 9.98. The Morgan fingerprint density at radius 2 is 2.17 bits per heavy atom. The van der Waals surface area contributed by atoms with Gasteiger partial charge in [-0.1, -0.05) is 6.92 Å². The number of aromatic nitrogens is 1. The van der Waals surface area contributed by atoms with Gasteiger partial charge in [0.2, 0.25) is 0 Å². The molecule has 1 atom stereocenters. The summed E-state index contributed by atoms with van der Waals surface area (Å²) in [6.07, 6.45) is 1.83. The standard InChI is InChI=1S/C13H19NO3S/c1-3-18(16,17)9-11-5-4-8-14-12(10(2)15)6-7-13(11)14/h6-7,11H,3-5,8-9H2,1-2H3. The van der Waals surface area contributed by atoms with Crippen LogP contribution in [0, 0.1) is 0 Å². The minimum atomic E-state index is -2.97. The number of carbonyl (C=O) groups is 1. The Hall–Kier alpha value is -1.10. The van der Waals surface area contributed by atoms with Gasteiger partial charge in [-0.2, -0.15) is 0 Å². The van der Waals surface area contributed by atoms with Crippen molar-refractivity contribution in [1.29, 1.82) is 0 Å². The van der Waals surface area contributed by atoms with Crippen LogP contribution in [0.25, 0.3) is 0 Å². The number of hydrogen-bond donors (Lipinski definition) is 0. The lowest BCUT2D eigenvalue weighted by molar-refractivity contribution is 0.100. The van der Waals surface area contributed by atoms with Crippen molar-refractivity contribution in [3.63, 3.8) is 0 Å². The highest BCUT2D eigenvalue weighted by molar-refractivity contribution is 7.91. The molecule has 1 unspecified atom stereocenters. The molecule has 0 aromatic carbocycles. The Bertz CT molecular complexity index is 557. The fourth-order valence-electron chi connectivity index (χ4n) is 2.63. The van der Waals surface area contributed by atoms with Crippen molar-refractivity contribution in [2.24, 2.45) is 0 Å². The van der Waals surface area contributed by atoms with Crippen LogP contribution in [-0.4, -0.2) is 30.3 Å². The molecule has 0 N–H and O–H groups in total. The molecule has 1 aromatic rings. The first-order valence-electron chi connectivity index (χ1n) is 6.35. The minimum Gasteiger partial charge on any atom is -0.342 e. The van der Waals surface area contributed by atoms with Gasteiger partial charge < -0.3 is 4.57 Å². The highest BCUT2D eigenvalue weighted by Gasteiger charge is 2.27. The van der Waals surface area contributed by atoms with Crippen LogP contribution in [0.3, 0.4) is 0 Å². The van der Waals surface area contributed by atoms with Crippen molar-refractivity contribution < 1.29 is 13.2 Å². The predicted octanol–water partition coefficient (Wildman–Crippen LogP) is 2.00. The molecular formula is C13H19NO3S. The van der Waals surface area contributed by atoms with Crippen LogP contribution in [0.5, 0.6) is 0 Å². The molecule has 2 heterocycles. The van der Waals surface area contributed by atoms with E-state index in [9.17, 15) is 13.2 Å². The van der Waals surface area contributed by atoms with Gasteiger partial charge in [0.05, 0.1) is 11.4 Å².